The maximum absolute atomic E-state index is 14.5. The minimum Gasteiger partial charge on any atom is -0.497 e. The fourth-order valence-corrected chi connectivity index (χ4v) is 7.29. The van der Waals surface area contributed by atoms with Crippen LogP contribution in [0.2, 0.25) is 0 Å². The van der Waals surface area contributed by atoms with Crippen molar-refractivity contribution in [2.45, 2.75) is 69.0 Å². The van der Waals surface area contributed by atoms with Gasteiger partial charge in [-0.25, -0.2) is 12.8 Å². The van der Waals surface area contributed by atoms with Crippen molar-refractivity contribution in [3.63, 3.8) is 0 Å². The highest BCUT2D eigenvalue weighted by molar-refractivity contribution is 7.92. The van der Waals surface area contributed by atoms with Gasteiger partial charge in [0, 0.05) is 24.7 Å². The van der Waals surface area contributed by atoms with E-state index in [-0.39, 0.29) is 47.0 Å². The van der Waals surface area contributed by atoms with Crippen LogP contribution in [-0.4, -0.2) is 72.2 Å². The monoisotopic (exact) mass is 685 g/mol. The van der Waals surface area contributed by atoms with Crippen LogP contribution in [0.5, 0.6) is 23.0 Å². The van der Waals surface area contributed by atoms with Gasteiger partial charge in [-0.1, -0.05) is 38.3 Å². The van der Waals surface area contributed by atoms with Crippen LogP contribution in [0, 0.1) is 5.82 Å². The predicted octanol–water partition coefficient (Wildman–Crippen LogP) is 5.31. The second kappa shape index (κ2) is 16.5. The molecule has 3 aromatic rings. The lowest BCUT2D eigenvalue weighted by atomic mass is 9.95. The zero-order valence-electron chi connectivity index (χ0n) is 28.0. The van der Waals surface area contributed by atoms with Gasteiger partial charge in [0.2, 0.25) is 11.8 Å². The first-order valence-electron chi connectivity index (χ1n) is 15.9. The number of sulfonamides is 1. The lowest BCUT2D eigenvalue weighted by molar-refractivity contribution is -0.140. The van der Waals surface area contributed by atoms with Crippen molar-refractivity contribution in [2.24, 2.45) is 0 Å². The van der Waals surface area contributed by atoms with Gasteiger partial charge in [0.25, 0.3) is 10.0 Å². The summed E-state index contributed by atoms with van der Waals surface area (Å²) in [6, 6.07) is 13.4. The lowest BCUT2D eigenvalue weighted by Gasteiger charge is -2.34. The highest BCUT2D eigenvalue weighted by atomic mass is 32.2. The van der Waals surface area contributed by atoms with E-state index in [1.165, 1.54) is 81.9 Å². The average molecular weight is 686 g/mol. The van der Waals surface area contributed by atoms with Crippen LogP contribution in [0.4, 0.5) is 10.1 Å². The fourth-order valence-electron chi connectivity index (χ4n) is 5.86. The number of carbonyl (C=O) groups excluding carboxylic acids is 2. The Kier molecular flexibility index (Phi) is 12.5. The summed E-state index contributed by atoms with van der Waals surface area (Å²) < 4.78 is 65.4. The topological polar surface area (TPSA) is 124 Å². The van der Waals surface area contributed by atoms with Crippen LogP contribution < -0.4 is 28.6 Å². The minimum absolute atomic E-state index is 0.00829. The van der Waals surface area contributed by atoms with Gasteiger partial charge in [-0.2, -0.15) is 0 Å². The molecule has 0 spiro atoms. The van der Waals surface area contributed by atoms with Crippen LogP contribution in [0.15, 0.2) is 65.6 Å². The van der Waals surface area contributed by atoms with E-state index in [0.717, 1.165) is 36.4 Å². The molecule has 48 heavy (non-hydrogen) atoms. The van der Waals surface area contributed by atoms with E-state index in [0.29, 0.717) is 17.1 Å². The third-order valence-corrected chi connectivity index (χ3v) is 10.2. The largest absolute Gasteiger partial charge is 0.497 e. The summed E-state index contributed by atoms with van der Waals surface area (Å²) in [5, 5.41) is 3.11. The van der Waals surface area contributed by atoms with Crippen molar-refractivity contribution in [3.05, 3.63) is 72.0 Å². The third kappa shape index (κ3) is 8.49. The van der Waals surface area contributed by atoms with Crippen molar-refractivity contribution in [2.75, 3.05) is 39.3 Å². The lowest BCUT2D eigenvalue weighted by Crippen LogP contribution is -2.54. The highest BCUT2D eigenvalue weighted by Gasteiger charge is 2.36. The van der Waals surface area contributed by atoms with Gasteiger partial charge in [0.05, 0.1) is 39.0 Å². The Bertz CT molecular complexity index is 1660. The molecular formula is C35H44FN3O8S. The summed E-state index contributed by atoms with van der Waals surface area (Å²) in [5.74, 6) is -0.445. The van der Waals surface area contributed by atoms with Gasteiger partial charge in [0.15, 0.2) is 11.5 Å². The summed E-state index contributed by atoms with van der Waals surface area (Å²) in [7, 11) is 1.15. The quantitative estimate of drug-likeness (QED) is 0.228. The Morgan fingerprint density at radius 2 is 1.50 bits per heavy atom. The molecule has 13 heteroatoms. The van der Waals surface area contributed by atoms with E-state index in [4.69, 9.17) is 18.9 Å². The molecule has 0 bridgehead atoms. The number of hydrogen-bond donors (Lipinski definition) is 1. The molecule has 2 amide bonds. The van der Waals surface area contributed by atoms with E-state index in [9.17, 15) is 22.4 Å². The predicted molar refractivity (Wildman–Crippen MR) is 180 cm³/mol. The molecule has 0 aliphatic heterocycles. The molecule has 0 radical (unpaired) electrons. The smallest absolute Gasteiger partial charge is 0.265 e. The second-order valence-corrected chi connectivity index (χ2v) is 13.3. The standard InChI is InChI=1S/C35H44FN3O8S/c1-6-29(35(41)37-26-10-8-7-9-11-26)38(22-24-12-14-25(36)15-13-24)34(40)23-39(30-20-27(44-2)16-18-31(30)45-3)48(42,43)28-17-19-32(46-4)33(21-28)47-5/h12-21,26,29H,6-11,22-23H2,1-5H3,(H,37,41). The number of methoxy groups -OCH3 is 4. The van der Waals surface area contributed by atoms with Gasteiger partial charge in [-0.15, -0.1) is 0 Å². The van der Waals surface area contributed by atoms with Crippen LogP contribution >= 0.6 is 0 Å². The van der Waals surface area contributed by atoms with Crippen molar-refractivity contribution in [1.29, 1.82) is 0 Å². The third-order valence-electron chi connectivity index (χ3n) is 8.48. The summed E-state index contributed by atoms with van der Waals surface area (Å²) >= 11 is 0. The van der Waals surface area contributed by atoms with Gasteiger partial charge in [-0.3, -0.25) is 13.9 Å². The van der Waals surface area contributed by atoms with Crippen LogP contribution in [0.25, 0.3) is 0 Å². The molecule has 0 saturated heterocycles. The Hall–Kier alpha value is -4.52. The number of carbonyl (C=O) groups is 2. The number of benzene rings is 3. The molecule has 1 saturated carbocycles. The normalized spacial score (nSPS) is 14.0. The van der Waals surface area contributed by atoms with Gasteiger partial charge < -0.3 is 29.2 Å². The molecule has 0 heterocycles. The van der Waals surface area contributed by atoms with Gasteiger partial charge >= 0.3 is 0 Å². The summed E-state index contributed by atoms with van der Waals surface area (Å²) in [6.45, 7) is 1.03. The molecule has 1 N–H and O–H groups in total. The maximum atomic E-state index is 14.5. The number of halogens is 1. The number of rotatable bonds is 15. The highest BCUT2D eigenvalue weighted by Crippen LogP contribution is 2.38. The van der Waals surface area contributed by atoms with Crippen molar-refractivity contribution in [1.82, 2.24) is 10.2 Å². The van der Waals surface area contributed by atoms with Crippen LogP contribution in [-0.2, 0) is 26.2 Å². The minimum atomic E-state index is -4.49. The number of hydrogen-bond acceptors (Lipinski definition) is 8. The van der Waals surface area contributed by atoms with E-state index < -0.39 is 34.3 Å². The second-order valence-electron chi connectivity index (χ2n) is 11.5. The first kappa shape index (κ1) is 36.3. The van der Waals surface area contributed by atoms with Crippen molar-refractivity contribution in [3.8, 4) is 23.0 Å². The van der Waals surface area contributed by atoms with Crippen LogP contribution in [0.1, 0.15) is 51.0 Å². The maximum Gasteiger partial charge on any atom is 0.265 e. The Morgan fingerprint density at radius 1 is 0.854 bits per heavy atom. The molecular weight excluding hydrogens is 641 g/mol. The van der Waals surface area contributed by atoms with E-state index in [1.54, 1.807) is 19.1 Å². The number of amides is 2. The van der Waals surface area contributed by atoms with E-state index in [1.807, 2.05) is 0 Å². The van der Waals surface area contributed by atoms with Crippen molar-refractivity contribution < 1.29 is 41.3 Å². The number of anilines is 1. The molecule has 1 atom stereocenters. The van der Waals surface area contributed by atoms with Crippen LogP contribution in [0.3, 0.4) is 0 Å². The summed E-state index contributed by atoms with van der Waals surface area (Å²) in [5.41, 5.74) is 0.614. The molecule has 11 nitrogen and oxygen atoms in total. The molecule has 3 aromatic carbocycles. The number of nitrogens with one attached hydrogen (secondary N) is 1. The molecule has 1 aliphatic carbocycles. The molecule has 1 aliphatic rings. The van der Waals surface area contributed by atoms with Gasteiger partial charge in [-0.05, 0) is 61.2 Å². The number of nitrogens with zero attached hydrogens (tertiary/aromatic N) is 2. The van der Waals surface area contributed by atoms with Gasteiger partial charge in [0.1, 0.15) is 29.9 Å². The fraction of sp³-hybridized carbons (Fsp3) is 0.429. The summed E-state index contributed by atoms with van der Waals surface area (Å²) in [4.78, 5) is 29.4. The Labute approximate surface area is 282 Å². The summed E-state index contributed by atoms with van der Waals surface area (Å²) in [6.07, 6.45) is 5.08. The first-order valence-corrected chi connectivity index (χ1v) is 17.3. The molecule has 4 rings (SSSR count). The SMILES string of the molecule is CCC(C(=O)NC1CCCCC1)N(Cc1ccc(F)cc1)C(=O)CN(c1cc(OC)ccc1OC)S(=O)(=O)c1ccc(OC)c(OC)c1. The molecule has 1 unspecified atom stereocenters. The molecule has 1 fully saturated rings. The van der Waals surface area contributed by atoms with E-state index >= 15 is 0 Å². The zero-order valence-corrected chi connectivity index (χ0v) is 28.8. The Morgan fingerprint density at radius 3 is 2.10 bits per heavy atom. The zero-order chi connectivity index (χ0) is 34.8. The molecule has 0 aromatic heterocycles. The average Bonchev–Trinajstić information content (AvgIpc) is 3.10. The van der Waals surface area contributed by atoms with Crippen molar-refractivity contribution >= 4 is 27.5 Å². The first-order chi connectivity index (χ1) is 23.1. The Balaban J connectivity index is 1.81. The van der Waals surface area contributed by atoms with E-state index in [2.05, 4.69) is 5.32 Å². The number of ether oxygens (including phenoxy) is 4. The molecule has 260 valence electrons.